The van der Waals surface area contributed by atoms with Crippen LogP contribution in [-0.4, -0.2) is 17.5 Å². The molecule has 1 amide bonds. The summed E-state index contributed by atoms with van der Waals surface area (Å²) in [7, 11) is 0. The molecule has 21 heavy (non-hydrogen) atoms. The number of amides is 1. The molecule has 0 spiro atoms. The van der Waals surface area contributed by atoms with Crippen molar-refractivity contribution < 1.29 is 9.53 Å². The molecule has 0 saturated carbocycles. The third-order valence-corrected chi connectivity index (χ3v) is 3.02. The molecule has 2 rings (SSSR count). The van der Waals surface area contributed by atoms with Gasteiger partial charge in [-0.2, -0.15) is 0 Å². The summed E-state index contributed by atoms with van der Waals surface area (Å²) < 4.78 is 5.37. The molecule has 0 unspecified atom stereocenters. The fourth-order valence-electron chi connectivity index (χ4n) is 1.97. The number of carbonyl (C=O) groups excluding carboxylic acids is 1. The second-order valence-electron chi connectivity index (χ2n) is 4.97. The van der Waals surface area contributed by atoms with Crippen molar-refractivity contribution in [1.82, 2.24) is 4.98 Å². The van der Waals surface area contributed by atoms with E-state index in [0.717, 1.165) is 11.3 Å². The van der Waals surface area contributed by atoms with E-state index < -0.39 is 0 Å². The number of anilines is 2. The minimum atomic E-state index is -0.230. The standard InChI is InChI=1S/C16H19N3O2/c1-11(2)12-6-3-4-7-13(12)19-15(20)10-21-14-8-5-9-18-16(14)17/h3-9,11H,10H2,1-2H3,(H2,17,18)(H,19,20). The summed E-state index contributed by atoms with van der Waals surface area (Å²) >= 11 is 0. The van der Waals surface area contributed by atoms with Crippen molar-refractivity contribution in [1.29, 1.82) is 0 Å². The van der Waals surface area contributed by atoms with Crippen molar-refractivity contribution in [2.24, 2.45) is 0 Å². The molecule has 3 N–H and O–H groups in total. The van der Waals surface area contributed by atoms with Crippen LogP contribution in [0.4, 0.5) is 11.5 Å². The average molecular weight is 285 g/mol. The molecule has 0 bridgehead atoms. The summed E-state index contributed by atoms with van der Waals surface area (Å²) in [5, 5.41) is 2.86. The van der Waals surface area contributed by atoms with Gasteiger partial charge >= 0.3 is 0 Å². The van der Waals surface area contributed by atoms with Gasteiger partial charge in [0.15, 0.2) is 18.2 Å². The van der Waals surface area contributed by atoms with E-state index >= 15 is 0 Å². The van der Waals surface area contributed by atoms with Gasteiger partial charge in [0.05, 0.1) is 0 Å². The number of para-hydroxylation sites is 1. The summed E-state index contributed by atoms with van der Waals surface area (Å²) in [6.07, 6.45) is 1.57. The zero-order valence-electron chi connectivity index (χ0n) is 12.2. The SMILES string of the molecule is CC(C)c1ccccc1NC(=O)COc1cccnc1N. The monoisotopic (exact) mass is 285 g/mol. The number of aromatic nitrogens is 1. The van der Waals surface area contributed by atoms with Gasteiger partial charge in [-0.05, 0) is 29.7 Å². The number of hydrogen-bond acceptors (Lipinski definition) is 4. The zero-order valence-corrected chi connectivity index (χ0v) is 12.2. The first-order valence-corrected chi connectivity index (χ1v) is 6.80. The van der Waals surface area contributed by atoms with Crippen molar-refractivity contribution in [3.8, 4) is 5.75 Å². The van der Waals surface area contributed by atoms with Gasteiger partial charge in [-0.1, -0.05) is 32.0 Å². The molecule has 0 aliphatic rings. The largest absolute Gasteiger partial charge is 0.480 e. The van der Waals surface area contributed by atoms with Crippen LogP contribution in [0.1, 0.15) is 25.3 Å². The van der Waals surface area contributed by atoms with Crippen LogP contribution in [0.25, 0.3) is 0 Å². The molecule has 0 aliphatic heterocycles. The molecule has 2 aromatic rings. The maximum atomic E-state index is 12.0. The summed E-state index contributed by atoms with van der Waals surface area (Å²) in [6, 6.07) is 11.1. The maximum absolute atomic E-state index is 12.0. The molecular weight excluding hydrogens is 266 g/mol. The van der Waals surface area contributed by atoms with E-state index in [1.807, 2.05) is 24.3 Å². The van der Waals surface area contributed by atoms with Gasteiger partial charge in [-0.25, -0.2) is 4.98 Å². The Morgan fingerprint density at radius 3 is 2.76 bits per heavy atom. The Morgan fingerprint density at radius 2 is 2.05 bits per heavy atom. The molecule has 0 fully saturated rings. The molecule has 1 aromatic carbocycles. The number of ether oxygens (including phenoxy) is 1. The quantitative estimate of drug-likeness (QED) is 0.885. The molecule has 5 heteroatoms. The number of carbonyl (C=O) groups is 1. The topological polar surface area (TPSA) is 77.2 Å². The first-order valence-electron chi connectivity index (χ1n) is 6.80. The number of hydrogen-bond donors (Lipinski definition) is 2. The molecule has 0 atom stereocenters. The van der Waals surface area contributed by atoms with Crippen LogP contribution in [0.3, 0.4) is 0 Å². The van der Waals surface area contributed by atoms with Gasteiger partial charge in [0.25, 0.3) is 5.91 Å². The first kappa shape index (κ1) is 14.8. The Bertz CT molecular complexity index is 626. The Kier molecular flexibility index (Phi) is 4.77. The number of benzene rings is 1. The van der Waals surface area contributed by atoms with E-state index in [-0.39, 0.29) is 18.3 Å². The van der Waals surface area contributed by atoms with Crippen LogP contribution >= 0.6 is 0 Å². The second kappa shape index (κ2) is 6.74. The minimum absolute atomic E-state index is 0.109. The lowest BCUT2D eigenvalue weighted by molar-refractivity contribution is -0.118. The molecule has 1 heterocycles. The van der Waals surface area contributed by atoms with Crippen LogP contribution in [0, 0.1) is 0 Å². The van der Waals surface area contributed by atoms with Crippen molar-refractivity contribution in [2.45, 2.75) is 19.8 Å². The number of nitrogens with zero attached hydrogens (tertiary/aromatic N) is 1. The van der Waals surface area contributed by atoms with Crippen LogP contribution in [0.5, 0.6) is 5.75 Å². The molecule has 0 saturated heterocycles. The van der Waals surface area contributed by atoms with Gasteiger partial charge in [0, 0.05) is 11.9 Å². The van der Waals surface area contributed by atoms with Gasteiger partial charge < -0.3 is 15.8 Å². The summed E-state index contributed by atoms with van der Waals surface area (Å²) in [6.45, 7) is 4.05. The highest BCUT2D eigenvalue weighted by Crippen LogP contribution is 2.23. The molecule has 110 valence electrons. The Labute approximate surface area is 124 Å². The van der Waals surface area contributed by atoms with Gasteiger partial charge in [0.2, 0.25) is 0 Å². The Balaban J connectivity index is 1.98. The van der Waals surface area contributed by atoms with Crippen LogP contribution in [0.2, 0.25) is 0 Å². The normalized spacial score (nSPS) is 10.4. The van der Waals surface area contributed by atoms with Crippen molar-refractivity contribution in [3.63, 3.8) is 0 Å². The van der Waals surface area contributed by atoms with Gasteiger partial charge in [-0.3, -0.25) is 4.79 Å². The maximum Gasteiger partial charge on any atom is 0.262 e. The predicted molar refractivity (Wildman–Crippen MR) is 83.3 cm³/mol. The van der Waals surface area contributed by atoms with Crippen LogP contribution in [-0.2, 0) is 4.79 Å². The third-order valence-electron chi connectivity index (χ3n) is 3.02. The fourth-order valence-corrected chi connectivity index (χ4v) is 1.97. The van der Waals surface area contributed by atoms with E-state index in [1.165, 1.54) is 0 Å². The second-order valence-corrected chi connectivity index (χ2v) is 4.97. The smallest absolute Gasteiger partial charge is 0.262 e. The lowest BCUT2D eigenvalue weighted by atomic mass is 10.0. The highest BCUT2D eigenvalue weighted by atomic mass is 16.5. The minimum Gasteiger partial charge on any atom is -0.480 e. The first-order chi connectivity index (χ1) is 10.1. The molecule has 0 aliphatic carbocycles. The summed E-state index contributed by atoms with van der Waals surface area (Å²) in [5.41, 5.74) is 7.55. The highest BCUT2D eigenvalue weighted by Gasteiger charge is 2.10. The van der Waals surface area contributed by atoms with Crippen LogP contribution < -0.4 is 15.8 Å². The van der Waals surface area contributed by atoms with Crippen molar-refractivity contribution >= 4 is 17.4 Å². The highest BCUT2D eigenvalue weighted by molar-refractivity contribution is 5.92. The lowest BCUT2D eigenvalue weighted by Crippen LogP contribution is -2.21. The van der Waals surface area contributed by atoms with Crippen molar-refractivity contribution in [3.05, 3.63) is 48.2 Å². The van der Waals surface area contributed by atoms with E-state index in [2.05, 4.69) is 24.1 Å². The third kappa shape index (κ3) is 3.95. The number of rotatable bonds is 5. The predicted octanol–water partition coefficient (Wildman–Crippen LogP) is 2.80. The number of nitrogens with one attached hydrogen (secondary N) is 1. The number of pyridine rings is 1. The van der Waals surface area contributed by atoms with E-state index in [4.69, 9.17) is 10.5 Å². The number of nitrogens with two attached hydrogens (primary N) is 1. The van der Waals surface area contributed by atoms with Gasteiger partial charge in [0.1, 0.15) is 0 Å². The van der Waals surface area contributed by atoms with Crippen LogP contribution in [0.15, 0.2) is 42.6 Å². The molecule has 1 aromatic heterocycles. The Hall–Kier alpha value is -2.56. The summed E-state index contributed by atoms with van der Waals surface area (Å²) in [5.74, 6) is 0.778. The van der Waals surface area contributed by atoms with Gasteiger partial charge in [-0.15, -0.1) is 0 Å². The summed E-state index contributed by atoms with van der Waals surface area (Å²) in [4.78, 5) is 15.9. The van der Waals surface area contributed by atoms with Crippen molar-refractivity contribution in [2.75, 3.05) is 17.7 Å². The van der Waals surface area contributed by atoms with E-state index in [9.17, 15) is 4.79 Å². The Morgan fingerprint density at radius 1 is 1.29 bits per heavy atom. The fraction of sp³-hybridized carbons (Fsp3) is 0.250. The van der Waals surface area contributed by atoms with E-state index in [1.54, 1.807) is 18.3 Å². The number of nitrogen functional groups attached to an aromatic ring is 1. The zero-order chi connectivity index (χ0) is 15.2. The molecular formula is C16H19N3O2. The molecule has 5 nitrogen and oxygen atoms in total. The lowest BCUT2D eigenvalue weighted by Gasteiger charge is -2.14. The van der Waals surface area contributed by atoms with E-state index in [0.29, 0.717) is 11.7 Å². The molecule has 0 radical (unpaired) electrons. The average Bonchev–Trinajstić information content (AvgIpc) is 2.47.